The van der Waals surface area contributed by atoms with Crippen LogP contribution in [0, 0.1) is 5.92 Å². The molecule has 26 N–H and O–H groups in total. The highest BCUT2D eigenvalue weighted by Gasteiger charge is 2.49. The number of rotatable bonds is 14. The van der Waals surface area contributed by atoms with Gasteiger partial charge in [-0.1, -0.05) is 13.8 Å². The highest BCUT2D eigenvalue weighted by atomic mass is 16.7. The van der Waals surface area contributed by atoms with Gasteiger partial charge in [0, 0.05) is 58.7 Å². The Morgan fingerprint density at radius 3 is 1.00 bits per heavy atom. The molecule has 1 saturated heterocycles. The van der Waals surface area contributed by atoms with Crippen LogP contribution in [0.4, 0.5) is 0 Å². The molecule has 0 radical (unpaired) electrons. The SMILES string of the molecule is CC(C)CCC1OC(O)/C(O)=C(\O)C(CCO)OC(O)/C(O)=C(\O)C(CCO)OC2OC(CO)C(OC(O)/C(O)=C(\O)C(CCO)OC(O)/C(O)=C(\O)C(CCO)OC(O)C(O)C(O)C(CCO)OC(O)/C(O)=C/1O)C(O)C2O. The first kappa shape index (κ1) is 70.8. The molecule has 3 aliphatic heterocycles. The zero-order chi connectivity index (χ0) is 60.2. The average Bonchev–Trinajstić information content (AvgIpc) is 3.42. The van der Waals surface area contributed by atoms with E-state index >= 15 is 0 Å². The van der Waals surface area contributed by atoms with Crippen molar-refractivity contribution in [2.24, 2.45) is 5.92 Å². The Labute approximate surface area is 449 Å². The number of aliphatic hydroxyl groups is 26. The first-order valence-electron chi connectivity index (χ1n) is 24.4. The van der Waals surface area contributed by atoms with Crippen LogP contribution in [0.1, 0.15) is 58.8 Å². The predicted molar refractivity (Wildman–Crippen MR) is 254 cm³/mol. The molecule has 0 saturated carbocycles. The van der Waals surface area contributed by atoms with Crippen molar-refractivity contribution in [2.75, 3.05) is 39.6 Å². The van der Waals surface area contributed by atoms with Crippen LogP contribution < -0.4 is 0 Å². The normalized spacial score (nSPS) is 40.8. The standard InChI is InChI=1S/C45H78O34/c1-16(2)3-4-17-24(52)31(59)40(67)73-19(6-11-47)26(54)33(61)41(68)74-20(7-12-48)27(55)34(62)42(69)76-21(8-13-49)28(56)36(64)44(71)79-38-23(15-51)78-45(37(65)30(38)58)77-22(9-14-50)29(57)35(63)43(70)75-18(5-10-46)25(53)32(60)39(66)72-17/h16-23,26,30,33,37-71H,3-15H2,1-2H3/b31-24+,32-25+,34-27+,35-29+,36-28+. The van der Waals surface area contributed by atoms with Gasteiger partial charge in [0.2, 0.25) is 31.5 Å². The molecule has 3 aliphatic rings. The molecule has 462 valence electrons. The predicted octanol–water partition coefficient (Wildman–Crippen LogP) is -5.25. The van der Waals surface area contributed by atoms with Crippen LogP contribution in [0.2, 0.25) is 0 Å². The van der Waals surface area contributed by atoms with Gasteiger partial charge in [-0.3, -0.25) is 0 Å². The molecule has 0 aliphatic carbocycles. The topological polar surface area (TPSA) is 600 Å². The number of hydrogen-bond acceptors (Lipinski definition) is 34. The summed E-state index contributed by atoms with van der Waals surface area (Å²) < 4.78 is 41.8. The first-order valence-corrected chi connectivity index (χ1v) is 24.4. The van der Waals surface area contributed by atoms with E-state index in [0.29, 0.717) is 0 Å². The maximum absolute atomic E-state index is 11.1. The maximum Gasteiger partial charge on any atom is 0.218 e. The van der Waals surface area contributed by atoms with Crippen LogP contribution in [0.5, 0.6) is 0 Å². The number of ether oxygens (including phenoxy) is 8. The fraction of sp³-hybridized carbons (Fsp3) is 0.778. The Kier molecular flexibility index (Phi) is 30.7. The average molecular weight is 1160 g/mol. The van der Waals surface area contributed by atoms with Gasteiger partial charge in [0.25, 0.3) is 0 Å². The zero-order valence-corrected chi connectivity index (χ0v) is 42.6. The monoisotopic (exact) mass is 1160 g/mol. The Morgan fingerprint density at radius 2 is 0.646 bits per heavy atom. The lowest BCUT2D eigenvalue weighted by Gasteiger charge is -2.43. The molecule has 0 amide bonds. The van der Waals surface area contributed by atoms with Crippen LogP contribution in [0.25, 0.3) is 0 Å². The summed E-state index contributed by atoms with van der Waals surface area (Å²) in [5.41, 5.74) is 0. The van der Waals surface area contributed by atoms with Crippen molar-refractivity contribution in [3.05, 3.63) is 57.6 Å². The van der Waals surface area contributed by atoms with Gasteiger partial charge in [0.05, 0.1) is 12.7 Å². The van der Waals surface area contributed by atoms with Gasteiger partial charge >= 0.3 is 0 Å². The van der Waals surface area contributed by atoms with Crippen LogP contribution in [-0.2, 0) is 37.9 Å². The van der Waals surface area contributed by atoms with Crippen molar-refractivity contribution in [3.8, 4) is 0 Å². The van der Waals surface area contributed by atoms with Gasteiger partial charge in [-0.25, -0.2) is 0 Å². The summed E-state index contributed by atoms with van der Waals surface area (Å²) >= 11 is 0. The van der Waals surface area contributed by atoms with E-state index < -0.39 is 247 Å². The third-order valence-electron chi connectivity index (χ3n) is 11.9. The van der Waals surface area contributed by atoms with Crippen molar-refractivity contribution in [2.45, 2.75) is 176 Å². The fourth-order valence-corrected chi connectivity index (χ4v) is 7.44. The highest BCUT2D eigenvalue weighted by Crippen LogP contribution is 2.31. The Hall–Kier alpha value is -4.26. The summed E-state index contributed by atoms with van der Waals surface area (Å²) in [7, 11) is 0. The molecule has 3 rings (SSSR count). The van der Waals surface area contributed by atoms with Gasteiger partial charge < -0.3 is 171 Å². The smallest absolute Gasteiger partial charge is 0.218 e. The molecule has 0 aromatic heterocycles. The van der Waals surface area contributed by atoms with E-state index in [2.05, 4.69) is 0 Å². The molecule has 2 bridgehead atoms. The van der Waals surface area contributed by atoms with Gasteiger partial charge in [0.15, 0.2) is 70.2 Å². The number of fused-ring (bicyclic) bond motifs is 27. The second-order valence-electron chi connectivity index (χ2n) is 18.1. The van der Waals surface area contributed by atoms with E-state index in [4.69, 9.17) is 37.9 Å². The van der Waals surface area contributed by atoms with Crippen LogP contribution in [-0.4, -0.2) is 290 Å². The first-order chi connectivity index (χ1) is 37.1. The summed E-state index contributed by atoms with van der Waals surface area (Å²) in [5.74, 6) is -15.5. The molecular weight excluding hydrogens is 1080 g/mol. The van der Waals surface area contributed by atoms with Crippen molar-refractivity contribution in [1.82, 2.24) is 0 Å². The third-order valence-corrected chi connectivity index (χ3v) is 11.9. The minimum absolute atomic E-state index is 0.0750. The molecule has 1 fully saturated rings. The molecule has 0 spiro atoms. The van der Waals surface area contributed by atoms with E-state index in [1.54, 1.807) is 13.8 Å². The maximum atomic E-state index is 11.1. The van der Waals surface area contributed by atoms with Crippen molar-refractivity contribution < 1.29 is 171 Å². The quantitative estimate of drug-likeness (QED) is 0.0773. The lowest BCUT2D eigenvalue weighted by Crippen LogP contribution is -2.61. The van der Waals surface area contributed by atoms with Gasteiger partial charge in [0.1, 0.15) is 67.1 Å². The summed E-state index contributed by atoms with van der Waals surface area (Å²) in [6.07, 6.45) is -49.5. The van der Waals surface area contributed by atoms with Crippen molar-refractivity contribution in [3.63, 3.8) is 0 Å². The van der Waals surface area contributed by atoms with E-state index in [1.807, 2.05) is 0 Å². The van der Waals surface area contributed by atoms with Crippen molar-refractivity contribution in [1.29, 1.82) is 0 Å². The molecule has 3 heterocycles. The van der Waals surface area contributed by atoms with Crippen LogP contribution in [0.15, 0.2) is 57.6 Å². The lowest BCUT2D eigenvalue weighted by molar-refractivity contribution is -0.329. The van der Waals surface area contributed by atoms with Gasteiger partial charge in [-0.05, 0) is 25.2 Å². The lowest BCUT2D eigenvalue weighted by atomic mass is 9.98. The molecule has 0 aromatic rings. The minimum Gasteiger partial charge on any atom is -0.506 e. The number of aliphatic hydroxyl groups excluding tert-OH is 26. The summed E-state index contributed by atoms with van der Waals surface area (Å²) in [6.45, 7) is -2.55. The van der Waals surface area contributed by atoms with Crippen LogP contribution >= 0.6 is 0 Å². The van der Waals surface area contributed by atoms with E-state index in [1.165, 1.54) is 0 Å². The molecule has 19 unspecified atom stereocenters. The van der Waals surface area contributed by atoms with Gasteiger partial charge in [-0.2, -0.15) is 0 Å². The second-order valence-corrected chi connectivity index (χ2v) is 18.1. The molecule has 19 atom stereocenters. The van der Waals surface area contributed by atoms with Crippen LogP contribution in [0.3, 0.4) is 0 Å². The van der Waals surface area contributed by atoms with Crippen molar-refractivity contribution >= 4 is 0 Å². The Balaban J connectivity index is 2.86. The zero-order valence-electron chi connectivity index (χ0n) is 42.6. The molecule has 0 aromatic carbocycles. The highest BCUT2D eigenvalue weighted by molar-refractivity contribution is 5.14. The van der Waals surface area contributed by atoms with Gasteiger partial charge in [-0.15, -0.1) is 0 Å². The third kappa shape index (κ3) is 20.0. The Bertz CT molecular complexity index is 1960. The number of hydrogen-bond donors (Lipinski definition) is 26. The second kappa shape index (κ2) is 34.2. The fourth-order valence-electron chi connectivity index (χ4n) is 7.44. The minimum atomic E-state index is -2.83. The summed E-state index contributed by atoms with van der Waals surface area (Å²) in [6, 6.07) is 0. The summed E-state index contributed by atoms with van der Waals surface area (Å²) in [5, 5.41) is 277. The van der Waals surface area contributed by atoms with E-state index in [-0.39, 0.29) is 18.8 Å². The summed E-state index contributed by atoms with van der Waals surface area (Å²) in [4.78, 5) is 0. The molecule has 34 heteroatoms. The van der Waals surface area contributed by atoms with E-state index in [0.717, 1.165) is 0 Å². The Morgan fingerprint density at radius 1 is 0.316 bits per heavy atom. The molecule has 79 heavy (non-hydrogen) atoms. The largest absolute Gasteiger partial charge is 0.506 e. The van der Waals surface area contributed by atoms with E-state index in [9.17, 15) is 133 Å². The molecular formula is C45H78O34. The molecule has 34 nitrogen and oxygen atoms in total.